The van der Waals surface area contributed by atoms with E-state index in [2.05, 4.69) is 27.7 Å². The zero-order valence-corrected chi connectivity index (χ0v) is 12.2. The third-order valence-corrected chi connectivity index (χ3v) is 2.80. The SMILES string of the molecule is CC(C)Oc1cc(-n2cc(I)cn2)c(N)cc1F. The number of nitrogens with two attached hydrogens (primary N) is 1. The van der Waals surface area contributed by atoms with Crippen LogP contribution in [0, 0.1) is 9.39 Å². The van der Waals surface area contributed by atoms with Crippen molar-refractivity contribution < 1.29 is 9.13 Å². The molecule has 0 fully saturated rings. The Morgan fingerprint density at radius 2 is 2.17 bits per heavy atom. The molecule has 1 aromatic heterocycles. The topological polar surface area (TPSA) is 53.1 Å². The molecule has 4 nitrogen and oxygen atoms in total. The van der Waals surface area contributed by atoms with Gasteiger partial charge < -0.3 is 10.5 Å². The molecule has 0 amide bonds. The van der Waals surface area contributed by atoms with E-state index in [1.54, 1.807) is 16.9 Å². The molecule has 0 saturated heterocycles. The number of nitrogens with zero attached hydrogens (tertiary/aromatic N) is 2. The molecule has 0 atom stereocenters. The molecule has 2 rings (SSSR count). The quantitative estimate of drug-likeness (QED) is 0.676. The summed E-state index contributed by atoms with van der Waals surface area (Å²) in [6.07, 6.45) is 3.41. The highest BCUT2D eigenvalue weighted by atomic mass is 127. The lowest BCUT2D eigenvalue weighted by molar-refractivity contribution is 0.231. The molecule has 0 aliphatic heterocycles. The molecule has 18 heavy (non-hydrogen) atoms. The number of hydrogen-bond donors (Lipinski definition) is 1. The standard InChI is InChI=1S/C12H13FIN3O/c1-7(2)18-12-4-11(10(15)3-9(12)13)17-6-8(14)5-16-17/h3-7H,15H2,1-2H3. The second kappa shape index (κ2) is 5.13. The number of aromatic nitrogens is 2. The van der Waals surface area contributed by atoms with Crippen LogP contribution in [0.25, 0.3) is 5.69 Å². The zero-order chi connectivity index (χ0) is 13.3. The number of nitrogen functional groups attached to an aromatic ring is 1. The van der Waals surface area contributed by atoms with E-state index in [1.807, 2.05) is 20.0 Å². The zero-order valence-electron chi connectivity index (χ0n) is 10.0. The van der Waals surface area contributed by atoms with Crippen molar-refractivity contribution in [3.63, 3.8) is 0 Å². The van der Waals surface area contributed by atoms with Crippen molar-refractivity contribution in [1.82, 2.24) is 9.78 Å². The minimum atomic E-state index is -0.466. The Kier molecular flexibility index (Phi) is 3.74. The van der Waals surface area contributed by atoms with Crippen molar-refractivity contribution in [3.8, 4) is 11.4 Å². The third kappa shape index (κ3) is 2.74. The number of anilines is 1. The molecule has 0 saturated carbocycles. The summed E-state index contributed by atoms with van der Waals surface area (Å²) in [7, 11) is 0. The number of rotatable bonds is 3. The molecular weight excluding hydrogens is 348 g/mol. The van der Waals surface area contributed by atoms with Crippen LogP contribution in [0.3, 0.4) is 0 Å². The predicted octanol–water partition coefficient (Wildman–Crippen LogP) is 2.99. The van der Waals surface area contributed by atoms with Gasteiger partial charge in [-0.1, -0.05) is 0 Å². The fraction of sp³-hybridized carbons (Fsp3) is 0.250. The van der Waals surface area contributed by atoms with Crippen molar-refractivity contribution in [1.29, 1.82) is 0 Å². The largest absolute Gasteiger partial charge is 0.488 e. The van der Waals surface area contributed by atoms with Gasteiger partial charge in [-0.2, -0.15) is 5.10 Å². The summed E-state index contributed by atoms with van der Waals surface area (Å²) in [6, 6.07) is 2.81. The van der Waals surface area contributed by atoms with E-state index >= 15 is 0 Å². The normalized spacial score (nSPS) is 10.9. The molecule has 1 aromatic carbocycles. The van der Waals surface area contributed by atoms with Crippen LogP contribution in [0.4, 0.5) is 10.1 Å². The first kappa shape index (κ1) is 13.1. The van der Waals surface area contributed by atoms with Crippen LogP contribution in [0.1, 0.15) is 13.8 Å². The Hall–Kier alpha value is -1.31. The lowest BCUT2D eigenvalue weighted by Crippen LogP contribution is -2.09. The van der Waals surface area contributed by atoms with Crippen LogP contribution < -0.4 is 10.5 Å². The van der Waals surface area contributed by atoms with E-state index in [0.29, 0.717) is 11.4 Å². The van der Waals surface area contributed by atoms with Crippen LogP contribution in [-0.4, -0.2) is 15.9 Å². The highest BCUT2D eigenvalue weighted by molar-refractivity contribution is 14.1. The Morgan fingerprint density at radius 3 is 2.72 bits per heavy atom. The van der Waals surface area contributed by atoms with E-state index in [9.17, 15) is 4.39 Å². The molecule has 1 heterocycles. The first-order valence-electron chi connectivity index (χ1n) is 5.43. The Labute approximate surface area is 118 Å². The van der Waals surface area contributed by atoms with E-state index in [-0.39, 0.29) is 11.9 Å². The Bertz CT molecular complexity index is 568. The summed E-state index contributed by atoms with van der Waals surface area (Å²) >= 11 is 2.14. The molecule has 2 aromatic rings. The van der Waals surface area contributed by atoms with Gasteiger partial charge in [-0.05, 0) is 36.4 Å². The van der Waals surface area contributed by atoms with Crippen molar-refractivity contribution in [2.24, 2.45) is 0 Å². The number of halogens is 2. The second-order valence-electron chi connectivity index (χ2n) is 4.11. The second-order valence-corrected chi connectivity index (χ2v) is 5.36. The highest BCUT2D eigenvalue weighted by Crippen LogP contribution is 2.27. The molecule has 2 N–H and O–H groups in total. The first-order chi connectivity index (χ1) is 8.47. The smallest absolute Gasteiger partial charge is 0.167 e. The summed E-state index contributed by atoms with van der Waals surface area (Å²) < 4.78 is 21.6. The van der Waals surface area contributed by atoms with Gasteiger partial charge in [0.15, 0.2) is 11.6 Å². The monoisotopic (exact) mass is 361 g/mol. The van der Waals surface area contributed by atoms with Gasteiger partial charge in [0.2, 0.25) is 0 Å². The minimum Gasteiger partial charge on any atom is -0.488 e. The fourth-order valence-electron chi connectivity index (χ4n) is 1.53. The average Bonchev–Trinajstić information content (AvgIpc) is 2.68. The number of ether oxygens (including phenoxy) is 1. The van der Waals surface area contributed by atoms with Gasteiger partial charge in [-0.3, -0.25) is 0 Å². The van der Waals surface area contributed by atoms with Crippen LogP contribution in [0.5, 0.6) is 5.75 Å². The summed E-state index contributed by atoms with van der Waals surface area (Å²) in [5.41, 5.74) is 6.73. The fourth-order valence-corrected chi connectivity index (χ4v) is 1.92. The molecule has 0 aliphatic rings. The molecule has 6 heteroatoms. The summed E-state index contributed by atoms with van der Waals surface area (Å²) in [5.74, 6) is -0.286. The van der Waals surface area contributed by atoms with E-state index in [1.165, 1.54) is 6.07 Å². The molecular formula is C12H13FIN3O. The number of benzene rings is 1. The molecule has 0 radical (unpaired) electrons. The Morgan fingerprint density at radius 1 is 1.44 bits per heavy atom. The highest BCUT2D eigenvalue weighted by Gasteiger charge is 2.12. The van der Waals surface area contributed by atoms with E-state index < -0.39 is 5.82 Å². The van der Waals surface area contributed by atoms with Gasteiger partial charge in [0.05, 0.1) is 27.2 Å². The first-order valence-corrected chi connectivity index (χ1v) is 6.51. The maximum atomic E-state index is 13.7. The van der Waals surface area contributed by atoms with Crippen molar-refractivity contribution >= 4 is 28.3 Å². The summed E-state index contributed by atoms with van der Waals surface area (Å²) in [4.78, 5) is 0. The van der Waals surface area contributed by atoms with Gasteiger partial charge in [0.25, 0.3) is 0 Å². The maximum Gasteiger partial charge on any atom is 0.167 e. The molecule has 0 aliphatic carbocycles. The summed E-state index contributed by atoms with van der Waals surface area (Å²) in [6.45, 7) is 3.68. The molecule has 0 unspecified atom stereocenters. The van der Waals surface area contributed by atoms with Crippen molar-refractivity contribution in [3.05, 3.63) is 33.9 Å². The van der Waals surface area contributed by atoms with E-state index in [4.69, 9.17) is 10.5 Å². The van der Waals surface area contributed by atoms with Gasteiger partial charge in [-0.15, -0.1) is 0 Å². The molecule has 96 valence electrons. The lowest BCUT2D eigenvalue weighted by Gasteiger charge is -2.13. The lowest BCUT2D eigenvalue weighted by atomic mass is 10.2. The van der Waals surface area contributed by atoms with Crippen LogP contribution in [0.2, 0.25) is 0 Å². The van der Waals surface area contributed by atoms with Gasteiger partial charge in [0.1, 0.15) is 0 Å². The predicted molar refractivity (Wildman–Crippen MR) is 76.4 cm³/mol. The average molecular weight is 361 g/mol. The summed E-state index contributed by atoms with van der Waals surface area (Å²) in [5, 5.41) is 4.15. The molecule has 0 spiro atoms. The van der Waals surface area contributed by atoms with Crippen LogP contribution >= 0.6 is 22.6 Å². The Balaban J connectivity index is 2.47. The van der Waals surface area contributed by atoms with Crippen LogP contribution in [0.15, 0.2) is 24.5 Å². The molecule has 0 bridgehead atoms. The third-order valence-electron chi connectivity index (χ3n) is 2.24. The minimum absolute atomic E-state index is 0.103. The van der Waals surface area contributed by atoms with Gasteiger partial charge >= 0.3 is 0 Å². The van der Waals surface area contributed by atoms with Crippen molar-refractivity contribution in [2.75, 3.05) is 5.73 Å². The van der Waals surface area contributed by atoms with Crippen molar-refractivity contribution in [2.45, 2.75) is 20.0 Å². The van der Waals surface area contributed by atoms with Crippen LogP contribution in [-0.2, 0) is 0 Å². The van der Waals surface area contributed by atoms with E-state index in [0.717, 1.165) is 3.57 Å². The van der Waals surface area contributed by atoms with Gasteiger partial charge in [0, 0.05) is 18.3 Å². The maximum absolute atomic E-state index is 13.7. The van der Waals surface area contributed by atoms with Gasteiger partial charge in [-0.25, -0.2) is 9.07 Å². The number of hydrogen-bond acceptors (Lipinski definition) is 3.